The van der Waals surface area contributed by atoms with Crippen LogP contribution in [0.3, 0.4) is 0 Å². The van der Waals surface area contributed by atoms with Gasteiger partial charge in [-0.25, -0.2) is 5.43 Å². The van der Waals surface area contributed by atoms with Gasteiger partial charge in [-0.05, 0) is 43.7 Å². The number of carbonyl (C=O) groups excluding carboxylic acids is 1. The number of ether oxygens (including phenoxy) is 1. The molecule has 0 spiro atoms. The molecule has 2 aromatic carbocycles. The Morgan fingerprint density at radius 1 is 1.39 bits per heavy atom. The van der Waals surface area contributed by atoms with Gasteiger partial charge in [0.1, 0.15) is 0 Å². The number of benzene rings is 2. The number of phenolic OH excluding ortho intramolecular Hbond substituents is 1. The number of nitrogens with zero attached hydrogens (tertiary/aromatic N) is 1. The van der Waals surface area contributed by atoms with E-state index < -0.39 is 5.91 Å². The van der Waals surface area contributed by atoms with E-state index in [0.29, 0.717) is 28.5 Å². The molecule has 1 amide bonds. The Bertz CT molecular complexity index is 745. The lowest BCUT2D eigenvalue weighted by atomic mass is 10.1. The number of hydrazone groups is 1. The molecule has 0 aliphatic carbocycles. The minimum atomic E-state index is -0.424. The first-order valence-corrected chi connectivity index (χ1v) is 7.45. The number of para-hydroxylation sites is 1. The summed E-state index contributed by atoms with van der Waals surface area (Å²) >= 11 is 6.03. The van der Waals surface area contributed by atoms with Crippen LogP contribution in [0.25, 0.3) is 0 Å². The van der Waals surface area contributed by atoms with Crippen LogP contribution in [0.1, 0.15) is 28.4 Å². The number of carbonyl (C=O) groups is 1. The topological polar surface area (TPSA) is 70.9 Å². The van der Waals surface area contributed by atoms with Crippen LogP contribution in [0.5, 0.6) is 11.5 Å². The molecule has 0 radical (unpaired) electrons. The Labute approximate surface area is 139 Å². The van der Waals surface area contributed by atoms with Gasteiger partial charge >= 0.3 is 0 Å². The number of hydrogen-bond donors (Lipinski definition) is 2. The van der Waals surface area contributed by atoms with E-state index >= 15 is 0 Å². The molecule has 0 aliphatic heterocycles. The van der Waals surface area contributed by atoms with Crippen molar-refractivity contribution in [3.05, 3.63) is 58.1 Å². The number of phenols is 1. The van der Waals surface area contributed by atoms with Crippen molar-refractivity contribution in [2.75, 3.05) is 6.61 Å². The highest BCUT2D eigenvalue weighted by Gasteiger charge is 2.10. The Morgan fingerprint density at radius 3 is 2.87 bits per heavy atom. The lowest BCUT2D eigenvalue weighted by Crippen LogP contribution is -2.18. The zero-order valence-corrected chi connectivity index (χ0v) is 13.6. The summed E-state index contributed by atoms with van der Waals surface area (Å²) in [7, 11) is 0. The average molecular weight is 333 g/mol. The van der Waals surface area contributed by atoms with E-state index in [-0.39, 0.29) is 5.75 Å². The summed E-state index contributed by atoms with van der Waals surface area (Å²) in [5.41, 5.74) is 4.12. The fourth-order valence-corrected chi connectivity index (χ4v) is 2.26. The van der Waals surface area contributed by atoms with E-state index in [2.05, 4.69) is 10.5 Å². The standard InChI is InChI=1S/C17H17ClN2O3/c1-3-23-15-6-4-5-12(16(15)21)10-19-20-17(22)13-8-7-11(2)9-14(13)18/h4-10,21H,3H2,1-2H3,(H,20,22)/b19-10-. The molecule has 5 nitrogen and oxygen atoms in total. The van der Waals surface area contributed by atoms with Crippen LogP contribution < -0.4 is 10.2 Å². The predicted molar refractivity (Wildman–Crippen MR) is 90.5 cm³/mol. The van der Waals surface area contributed by atoms with Gasteiger partial charge in [-0.3, -0.25) is 4.79 Å². The van der Waals surface area contributed by atoms with Gasteiger partial charge < -0.3 is 9.84 Å². The summed E-state index contributed by atoms with van der Waals surface area (Å²) in [6.07, 6.45) is 1.35. The number of aromatic hydroxyl groups is 1. The van der Waals surface area contributed by atoms with Gasteiger partial charge in [0, 0.05) is 5.56 Å². The molecule has 0 aliphatic rings. The van der Waals surface area contributed by atoms with Crippen molar-refractivity contribution in [3.63, 3.8) is 0 Å². The van der Waals surface area contributed by atoms with Crippen molar-refractivity contribution in [2.45, 2.75) is 13.8 Å². The van der Waals surface area contributed by atoms with E-state index in [1.54, 1.807) is 36.4 Å². The molecule has 0 bridgehead atoms. The van der Waals surface area contributed by atoms with Crippen molar-refractivity contribution >= 4 is 23.7 Å². The molecule has 0 saturated heterocycles. The zero-order chi connectivity index (χ0) is 16.8. The van der Waals surface area contributed by atoms with E-state index in [4.69, 9.17) is 16.3 Å². The van der Waals surface area contributed by atoms with Crippen LogP contribution >= 0.6 is 11.6 Å². The van der Waals surface area contributed by atoms with Gasteiger partial charge in [-0.2, -0.15) is 5.10 Å². The molecule has 120 valence electrons. The average Bonchev–Trinajstić information content (AvgIpc) is 2.51. The second-order valence-electron chi connectivity index (χ2n) is 4.81. The zero-order valence-electron chi connectivity index (χ0n) is 12.8. The second kappa shape index (κ2) is 7.65. The molecule has 0 saturated carbocycles. The minimum Gasteiger partial charge on any atom is -0.504 e. The number of amides is 1. The lowest BCUT2D eigenvalue weighted by Gasteiger charge is -2.07. The van der Waals surface area contributed by atoms with Crippen molar-refractivity contribution < 1.29 is 14.6 Å². The molecule has 0 unspecified atom stereocenters. The number of halogens is 1. The third-order valence-electron chi connectivity index (χ3n) is 3.07. The molecule has 6 heteroatoms. The monoisotopic (exact) mass is 332 g/mol. The molecular weight excluding hydrogens is 316 g/mol. The maximum Gasteiger partial charge on any atom is 0.272 e. The van der Waals surface area contributed by atoms with Crippen LogP contribution in [-0.2, 0) is 0 Å². The number of nitrogens with one attached hydrogen (secondary N) is 1. The molecule has 0 aromatic heterocycles. The number of rotatable bonds is 5. The third-order valence-corrected chi connectivity index (χ3v) is 3.38. The maximum atomic E-state index is 12.0. The van der Waals surface area contributed by atoms with E-state index in [9.17, 15) is 9.90 Å². The molecule has 2 rings (SSSR count). The Balaban J connectivity index is 2.10. The summed E-state index contributed by atoms with van der Waals surface area (Å²) in [6.45, 7) is 4.16. The van der Waals surface area contributed by atoms with E-state index in [0.717, 1.165) is 5.56 Å². The van der Waals surface area contributed by atoms with Gasteiger partial charge in [0.15, 0.2) is 11.5 Å². The first-order chi connectivity index (χ1) is 11.0. The largest absolute Gasteiger partial charge is 0.504 e. The molecule has 0 atom stereocenters. The molecule has 2 aromatic rings. The molecule has 0 fully saturated rings. The number of hydrogen-bond acceptors (Lipinski definition) is 4. The van der Waals surface area contributed by atoms with Crippen LogP contribution in [0.2, 0.25) is 5.02 Å². The highest BCUT2D eigenvalue weighted by atomic mass is 35.5. The van der Waals surface area contributed by atoms with Gasteiger partial charge in [0.25, 0.3) is 5.91 Å². The number of aryl methyl sites for hydroxylation is 1. The van der Waals surface area contributed by atoms with Crippen LogP contribution in [-0.4, -0.2) is 23.8 Å². The predicted octanol–water partition coefficient (Wildman–Crippen LogP) is 3.52. The summed E-state index contributed by atoms with van der Waals surface area (Å²) in [4.78, 5) is 12.0. The van der Waals surface area contributed by atoms with Crippen molar-refractivity contribution in [2.24, 2.45) is 5.10 Å². The third kappa shape index (κ3) is 4.23. The van der Waals surface area contributed by atoms with Crippen molar-refractivity contribution in [3.8, 4) is 11.5 Å². The van der Waals surface area contributed by atoms with Gasteiger partial charge in [-0.1, -0.05) is 23.7 Å². The van der Waals surface area contributed by atoms with Crippen LogP contribution in [0.15, 0.2) is 41.5 Å². The first kappa shape index (κ1) is 16.8. The first-order valence-electron chi connectivity index (χ1n) is 7.07. The van der Waals surface area contributed by atoms with Gasteiger partial charge in [0.2, 0.25) is 0 Å². The van der Waals surface area contributed by atoms with Crippen LogP contribution in [0, 0.1) is 6.92 Å². The molecule has 2 N–H and O–H groups in total. The fourth-order valence-electron chi connectivity index (χ4n) is 1.94. The minimum absolute atomic E-state index is 0.0271. The summed E-state index contributed by atoms with van der Waals surface area (Å²) < 4.78 is 5.28. The Kier molecular flexibility index (Phi) is 5.60. The van der Waals surface area contributed by atoms with Gasteiger partial charge in [-0.15, -0.1) is 0 Å². The summed E-state index contributed by atoms with van der Waals surface area (Å²) in [5.74, 6) is -0.0863. The van der Waals surface area contributed by atoms with E-state index in [1.165, 1.54) is 6.21 Å². The normalized spacial score (nSPS) is 10.7. The summed E-state index contributed by atoms with van der Waals surface area (Å²) in [6, 6.07) is 10.2. The van der Waals surface area contributed by atoms with Crippen molar-refractivity contribution in [1.82, 2.24) is 5.43 Å². The van der Waals surface area contributed by atoms with Gasteiger partial charge in [0.05, 0.1) is 23.4 Å². The van der Waals surface area contributed by atoms with Crippen molar-refractivity contribution in [1.29, 1.82) is 0 Å². The Hall–Kier alpha value is -2.53. The fraction of sp³-hybridized carbons (Fsp3) is 0.176. The van der Waals surface area contributed by atoms with E-state index in [1.807, 2.05) is 13.8 Å². The Morgan fingerprint density at radius 2 is 2.17 bits per heavy atom. The molecule has 0 heterocycles. The van der Waals surface area contributed by atoms with Crippen LogP contribution in [0.4, 0.5) is 0 Å². The quantitative estimate of drug-likeness (QED) is 0.650. The summed E-state index contributed by atoms with van der Waals surface area (Å²) in [5, 5.41) is 14.2. The molecule has 23 heavy (non-hydrogen) atoms. The molecular formula is C17H17ClN2O3. The smallest absolute Gasteiger partial charge is 0.272 e. The highest BCUT2D eigenvalue weighted by Crippen LogP contribution is 2.28. The second-order valence-corrected chi connectivity index (χ2v) is 5.22. The SMILES string of the molecule is CCOc1cccc(/C=N\NC(=O)c2ccc(C)cc2Cl)c1O. The highest BCUT2D eigenvalue weighted by molar-refractivity contribution is 6.33. The lowest BCUT2D eigenvalue weighted by molar-refractivity contribution is 0.0955. The maximum absolute atomic E-state index is 12.0.